The number of benzene rings is 2. The van der Waals surface area contributed by atoms with Crippen molar-refractivity contribution in [3.8, 4) is 22.8 Å². The highest BCUT2D eigenvalue weighted by Crippen LogP contribution is 2.28. The molecule has 1 amide bonds. The topological polar surface area (TPSA) is 60.5 Å². The normalized spacial score (nSPS) is 10.8. The number of amides is 1. The zero-order chi connectivity index (χ0) is 21.5. The highest BCUT2D eigenvalue weighted by Gasteiger charge is 2.09. The second-order valence-corrected chi connectivity index (χ2v) is 8.51. The number of aromatic nitrogens is 1. The zero-order valence-corrected chi connectivity index (χ0v) is 19.0. The first-order chi connectivity index (χ1) is 14.4. The molecule has 0 atom stereocenters. The number of hydrogen-bond donors (Lipinski definition) is 1. The second-order valence-electron chi connectivity index (χ2n) is 6.80. The number of anilines is 1. The summed E-state index contributed by atoms with van der Waals surface area (Å²) in [6, 6.07) is 12.8. The van der Waals surface area contributed by atoms with E-state index in [4.69, 9.17) is 32.7 Å². The number of nitrogens with zero attached hydrogens (tertiary/aromatic N) is 1. The van der Waals surface area contributed by atoms with Gasteiger partial charge in [0.15, 0.2) is 5.13 Å². The molecule has 0 saturated carbocycles. The highest BCUT2D eigenvalue weighted by atomic mass is 35.5. The molecule has 3 rings (SSSR count). The Morgan fingerprint density at radius 3 is 2.63 bits per heavy atom. The van der Waals surface area contributed by atoms with Gasteiger partial charge in [0.05, 0.1) is 23.4 Å². The van der Waals surface area contributed by atoms with Crippen LogP contribution in [0, 0.1) is 0 Å². The van der Waals surface area contributed by atoms with E-state index in [0.717, 1.165) is 17.0 Å². The van der Waals surface area contributed by atoms with E-state index >= 15 is 0 Å². The van der Waals surface area contributed by atoms with E-state index in [1.807, 2.05) is 43.5 Å². The molecular formula is C22H22Cl2N2O3S. The van der Waals surface area contributed by atoms with Crippen LogP contribution in [0.3, 0.4) is 0 Å². The Morgan fingerprint density at radius 2 is 1.93 bits per heavy atom. The van der Waals surface area contributed by atoms with Crippen LogP contribution in [-0.4, -0.2) is 23.6 Å². The summed E-state index contributed by atoms with van der Waals surface area (Å²) >= 11 is 13.3. The Bertz CT molecular complexity index is 990. The molecule has 1 N–H and O–H groups in total. The molecule has 8 heteroatoms. The first kappa shape index (κ1) is 22.4. The van der Waals surface area contributed by atoms with Crippen molar-refractivity contribution >= 4 is 45.6 Å². The molecule has 0 spiro atoms. The van der Waals surface area contributed by atoms with Gasteiger partial charge in [-0.2, -0.15) is 0 Å². The number of ether oxygens (including phenoxy) is 2. The van der Waals surface area contributed by atoms with Crippen molar-refractivity contribution < 1.29 is 14.3 Å². The summed E-state index contributed by atoms with van der Waals surface area (Å²) in [5, 5.41) is 6.32. The molecule has 2 aromatic carbocycles. The molecule has 0 saturated heterocycles. The fourth-order valence-corrected chi connectivity index (χ4v) is 3.83. The molecule has 30 heavy (non-hydrogen) atoms. The van der Waals surface area contributed by atoms with Gasteiger partial charge in [0.25, 0.3) is 0 Å². The molecule has 0 aliphatic rings. The number of halogens is 2. The van der Waals surface area contributed by atoms with Gasteiger partial charge in [-0.15, -0.1) is 11.3 Å². The average molecular weight is 465 g/mol. The Balaban J connectivity index is 1.45. The largest absolute Gasteiger partial charge is 0.492 e. The van der Waals surface area contributed by atoms with E-state index in [9.17, 15) is 4.79 Å². The van der Waals surface area contributed by atoms with Crippen molar-refractivity contribution in [3.05, 3.63) is 57.9 Å². The van der Waals surface area contributed by atoms with Crippen LogP contribution in [0.25, 0.3) is 11.3 Å². The van der Waals surface area contributed by atoms with E-state index in [0.29, 0.717) is 40.4 Å². The quantitative estimate of drug-likeness (QED) is 0.357. The van der Waals surface area contributed by atoms with Crippen molar-refractivity contribution in [2.75, 3.05) is 11.9 Å². The maximum Gasteiger partial charge on any atom is 0.226 e. The molecule has 1 aromatic heterocycles. The summed E-state index contributed by atoms with van der Waals surface area (Å²) in [7, 11) is 0. The van der Waals surface area contributed by atoms with Gasteiger partial charge in [0.1, 0.15) is 11.5 Å². The summed E-state index contributed by atoms with van der Waals surface area (Å²) in [6.07, 6.45) is 1.01. The van der Waals surface area contributed by atoms with Gasteiger partial charge in [-0.25, -0.2) is 4.98 Å². The number of rotatable bonds is 9. The van der Waals surface area contributed by atoms with Gasteiger partial charge < -0.3 is 14.8 Å². The van der Waals surface area contributed by atoms with Crippen LogP contribution in [0.1, 0.15) is 26.7 Å². The number of carbonyl (C=O) groups excluding carboxylic acids is 1. The first-order valence-electron chi connectivity index (χ1n) is 9.51. The van der Waals surface area contributed by atoms with Crippen LogP contribution in [0.4, 0.5) is 5.13 Å². The molecule has 0 fully saturated rings. The van der Waals surface area contributed by atoms with Crippen LogP contribution < -0.4 is 14.8 Å². The fraction of sp³-hybridized carbons (Fsp3) is 0.273. The molecule has 5 nitrogen and oxygen atoms in total. The number of nitrogens with one attached hydrogen (secondary N) is 1. The maximum absolute atomic E-state index is 12.2. The van der Waals surface area contributed by atoms with Gasteiger partial charge >= 0.3 is 0 Å². The molecule has 1 heterocycles. The lowest BCUT2D eigenvalue weighted by Gasteiger charge is -2.09. The summed E-state index contributed by atoms with van der Waals surface area (Å²) in [6.45, 7) is 4.35. The zero-order valence-electron chi connectivity index (χ0n) is 16.7. The van der Waals surface area contributed by atoms with Gasteiger partial charge in [0.2, 0.25) is 5.91 Å². The summed E-state index contributed by atoms with van der Waals surface area (Å²) in [4.78, 5) is 16.7. The van der Waals surface area contributed by atoms with Crippen molar-refractivity contribution in [2.24, 2.45) is 0 Å². The molecule has 0 bridgehead atoms. The fourth-order valence-electron chi connectivity index (χ4n) is 2.63. The van der Waals surface area contributed by atoms with E-state index < -0.39 is 0 Å². The lowest BCUT2D eigenvalue weighted by atomic mass is 10.2. The maximum atomic E-state index is 12.2. The number of carbonyl (C=O) groups is 1. The molecule has 158 valence electrons. The third-order valence-corrected chi connectivity index (χ3v) is 5.26. The molecule has 0 unspecified atom stereocenters. The Kier molecular flexibility index (Phi) is 7.96. The summed E-state index contributed by atoms with van der Waals surface area (Å²) < 4.78 is 11.2. The Morgan fingerprint density at radius 1 is 1.17 bits per heavy atom. The van der Waals surface area contributed by atoms with E-state index in [-0.39, 0.29) is 12.0 Å². The van der Waals surface area contributed by atoms with Crippen molar-refractivity contribution in [3.63, 3.8) is 0 Å². The van der Waals surface area contributed by atoms with Crippen LogP contribution in [0.2, 0.25) is 10.0 Å². The van der Waals surface area contributed by atoms with Crippen LogP contribution in [0.15, 0.2) is 47.8 Å². The van der Waals surface area contributed by atoms with Crippen LogP contribution in [0.5, 0.6) is 11.5 Å². The van der Waals surface area contributed by atoms with Gasteiger partial charge in [-0.1, -0.05) is 23.2 Å². The molecule has 0 aliphatic heterocycles. The van der Waals surface area contributed by atoms with Crippen molar-refractivity contribution in [2.45, 2.75) is 32.8 Å². The first-order valence-corrected chi connectivity index (χ1v) is 11.1. The molecule has 3 aromatic rings. The Labute approximate surface area is 190 Å². The number of hydrogen-bond acceptors (Lipinski definition) is 5. The predicted molar refractivity (Wildman–Crippen MR) is 123 cm³/mol. The third kappa shape index (κ3) is 6.62. The van der Waals surface area contributed by atoms with E-state index in [1.165, 1.54) is 11.3 Å². The molecule has 0 aliphatic carbocycles. The minimum atomic E-state index is -0.109. The monoisotopic (exact) mass is 464 g/mol. The van der Waals surface area contributed by atoms with Gasteiger partial charge in [-0.3, -0.25) is 4.79 Å². The minimum Gasteiger partial charge on any atom is -0.492 e. The van der Waals surface area contributed by atoms with Gasteiger partial charge in [-0.05, 0) is 62.7 Å². The van der Waals surface area contributed by atoms with Crippen molar-refractivity contribution in [1.29, 1.82) is 0 Å². The van der Waals surface area contributed by atoms with Crippen molar-refractivity contribution in [1.82, 2.24) is 4.98 Å². The van der Waals surface area contributed by atoms with Crippen LogP contribution in [-0.2, 0) is 4.79 Å². The lowest BCUT2D eigenvalue weighted by Crippen LogP contribution is -2.12. The highest BCUT2D eigenvalue weighted by molar-refractivity contribution is 7.14. The number of thiazole rings is 1. The van der Waals surface area contributed by atoms with Crippen LogP contribution >= 0.6 is 34.5 Å². The standard InChI is InChI=1S/C22H22Cl2N2O3S/c1-14(2)29-17-8-5-15(6-9-17)19-13-30-22(25-19)26-21(27)4-3-11-28-20-10-7-16(23)12-18(20)24/h5-10,12-14H,3-4,11H2,1-2H3,(H,25,26,27). The lowest BCUT2D eigenvalue weighted by molar-refractivity contribution is -0.116. The average Bonchev–Trinajstić information content (AvgIpc) is 3.15. The summed E-state index contributed by atoms with van der Waals surface area (Å²) in [5.74, 6) is 1.26. The predicted octanol–water partition coefficient (Wildman–Crippen LogP) is 6.70. The smallest absolute Gasteiger partial charge is 0.226 e. The SMILES string of the molecule is CC(C)Oc1ccc(-c2csc(NC(=O)CCCOc3ccc(Cl)cc3Cl)n2)cc1. The minimum absolute atomic E-state index is 0.109. The molecular weight excluding hydrogens is 443 g/mol. The summed E-state index contributed by atoms with van der Waals surface area (Å²) in [5.41, 5.74) is 1.78. The van der Waals surface area contributed by atoms with E-state index in [1.54, 1.807) is 18.2 Å². The van der Waals surface area contributed by atoms with E-state index in [2.05, 4.69) is 10.3 Å². The third-order valence-electron chi connectivity index (χ3n) is 3.97. The second kappa shape index (κ2) is 10.7. The van der Waals surface area contributed by atoms with Gasteiger partial charge in [0, 0.05) is 22.4 Å². The Hall–Kier alpha value is -2.28. The molecule has 0 radical (unpaired) electrons.